The summed E-state index contributed by atoms with van der Waals surface area (Å²) in [5.41, 5.74) is 0. The van der Waals surface area contributed by atoms with E-state index in [4.69, 9.17) is 0 Å². The van der Waals surface area contributed by atoms with Crippen LogP contribution < -0.4 is 4.72 Å². The van der Waals surface area contributed by atoms with Gasteiger partial charge in [-0.2, -0.15) is 0 Å². The third-order valence-electron chi connectivity index (χ3n) is 3.62. The molecule has 0 atom stereocenters. The van der Waals surface area contributed by atoms with Crippen LogP contribution in [0.5, 0.6) is 0 Å². The van der Waals surface area contributed by atoms with Crippen molar-refractivity contribution in [2.24, 2.45) is 0 Å². The predicted octanol–water partition coefficient (Wildman–Crippen LogP) is 4.63. The van der Waals surface area contributed by atoms with Gasteiger partial charge in [-0.15, -0.1) is 0 Å². The lowest BCUT2D eigenvalue weighted by atomic mass is 10.1. The standard InChI is InChI=1S/C16H35NO2S/c1-3-5-7-8-9-10-11-12-13-14-16-20(18,19)17-15-6-4-2/h17H,3-16H2,1-2H3. The summed E-state index contributed by atoms with van der Waals surface area (Å²) in [5, 5.41) is 0. The third kappa shape index (κ3) is 14.3. The van der Waals surface area contributed by atoms with Crippen molar-refractivity contribution in [3.63, 3.8) is 0 Å². The molecule has 0 saturated carbocycles. The first-order valence-corrected chi connectivity index (χ1v) is 10.2. The molecule has 0 bridgehead atoms. The molecule has 0 aromatic heterocycles. The summed E-state index contributed by atoms with van der Waals surface area (Å²) >= 11 is 0. The van der Waals surface area contributed by atoms with E-state index in [9.17, 15) is 8.42 Å². The summed E-state index contributed by atoms with van der Waals surface area (Å²) in [4.78, 5) is 0. The molecule has 0 fully saturated rings. The zero-order valence-corrected chi connectivity index (χ0v) is 14.4. The second-order valence-corrected chi connectivity index (χ2v) is 7.68. The lowest BCUT2D eigenvalue weighted by Gasteiger charge is -2.06. The zero-order chi connectivity index (χ0) is 15.1. The maximum absolute atomic E-state index is 11.6. The smallest absolute Gasteiger partial charge is 0.211 e. The van der Waals surface area contributed by atoms with Crippen molar-refractivity contribution in [2.75, 3.05) is 12.3 Å². The van der Waals surface area contributed by atoms with Crippen LogP contribution in [0, 0.1) is 0 Å². The van der Waals surface area contributed by atoms with Gasteiger partial charge in [0.25, 0.3) is 0 Å². The van der Waals surface area contributed by atoms with Crippen LogP contribution in [0.2, 0.25) is 0 Å². The van der Waals surface area contributed by atoms with Crippen LogP contribution in [-0.4, -0.2) is 20.7 Å². The molecule has 0 aliphatic rings. The quantitative estimate of drug-likeness (QED) is 0.448. The van der Waals surface area contributed by atoms with Gasteiger partial charge >= 0.3 is 0 Å². The molecular weight excluding hydrogens is 270 g/mol. The maximum atomic E-state index is 11.6. The minimum atomic E-state index is -3.01. The molecule has 1 N–H and O–H groups in total. The van der Waals surface area contributed by atoms with Gasteiger partial charge in [0.2, 0.25) is 10.0 Å². The van der Waals surface area contributed by atoms with E-state index in [1.54, 1.807) is 0 Å². The maximum Gasteiger partial charge on any atom is 0.211 e. The van der Waals surface area contributed by atoms with Gasteiger partial charge in [0, 0.05) is 6.54 Å². The van der Waals surface area contributed by atoms with E-state index < -0.39 is 10.0 Å². The normalized spacial score (nSPS) is 11.9. The number of sulfonamides is 1. The van der Waals surface area contributed by atoms with Crippen molar-refractivity contribution < 1.29 is 8.42 Å². The summed E-state index contributed by atoms with van der Waals surface area (Å²) in [6.45, 7) is 4.90. The second-order valence-electron chi connectivity index (χ2n) is 5.75. The average Bonchev–Trinajstić information content (AvgIpc) is 2.41. The minimum Gasteiger partial charge on any atom is -0.215 e. The van der Waals surface area contributed by atoms with Crippen LogP contribution in [0.25, 0.3) is 0 Å². The number of hydrogen-bond acceptors (Lipinski definition) is 2. The van der Waals surface area contributed by atoms with Crippen molar-refractivity contribution in [3.8, 4) is 0 Å². The Morgan fingerprint density at radius 1 is 0.650 bits per heavy atom. The Labute approximate surface area is 127 Å². The van der Waals surface area contributed by atoms with E-state index in [2.05, 4.69) is 18.6 Å². The Bertz CT molecular complexity index is 289. The van der Waals surface area contributed by atoms with Gasteiger partial charge in [0.05, 0.1) is 5.75 Å². The van der Waals surface area contributed by atoms with Gasteiger partial charge in [-0.25, -0.2) is 13.1 Å². The highest BCUT2D eigenvalue weighted by atomic mass is 32.2. The topological polar surface area (TPSA) is 46.2 Å². The summed E-state index contributed by atoms with van der Waals surface area (Å²) in [6, 6.07) is 0. The van der Waals surface area contributed by atoms with E-state index in [0.717, 1.165) is 25.7 Å². The Morgan fingerprint density at radius 2 is 1.10 bits per heavy atom. The number of hydrogen-bond donors (Lipinski definition) is 1. The third-order valence-corrected chi connectivity index (χ3v) is 5.09. The van der Waals surface area contributed by atoms with Gasteiger partial charge in [-0.1, -0.05) is 78.1 Å². The second kappa shape index (κ2) is 13.9. The van der Waals surface area contributed by atoms with Crippen LogP contribution in [0.4, 0.5) is 0 Å². The first kappa shape index (κ1) is 19.9. The van der Waals surface area contributed by atoms with Crippen LogP contribution in [0.15, 0.2) is 0 Å². The van der Waals surface area contributed by atoms with Crippen molar-refractivity contribution in [1.82, 2.24) is 4.72 Å². The van der Waals surface area contributed by atoms with Gasteiger partial charge in [0.1, 0.15) is 0 Å². The SMILES string of the molecule is CCCCCCCCCCCCS(=O)(=O)NCCCC. The molecule has 4 heteroatoms. The fourth-order valence-corrected chi connectivity index (χ4v) is 3.44. The fraction of sp³-hybridized carbons (Fsp3) is 1.00. The predicted molar refractivity (Wildman–Crippen MR) is 88.5 cm³/mol. The summed E-state index contributed by atoms with van der Waals surface area (Å²) in [6.07, 6.45) is 14.3. The highest BCUT2D eigenvalue weighted by Gasteiger charge is 2.08. The molecule has 20 heavy (non-hydrogen) atoms. The summed E-state index contributed by atoms with van der Waals surface area (Å²) in [7, 11) is -3.01. The molecule has 0 aromatic carbocycles. The van der Waals surface area contributed by atoms with Crippen molar-refractivity contribution in [1.29, 1.82) is 0 Å². The zero-order valence-electron chi connectivity index (χ0n) is 13.6. The molecule has 3 nitrogen and oxygen atoms in total. The number of unbranched alkanes of at least 4 members (excludes halogenated alkanes) is 10. The molecule has 0 rings (SSSR count). The highest BCUT2D eigenvalue weighted by Crippen LogP contribution is 2.10. The van der Waals surface area contributed by atoms with Crippen molar-refractivity contribution >= 4 is 10.0 Å². The van der Waals surface area contributed by atoms with Crippen LogP contribution >= 0.6 is 0 Å². The molecule has 0 aromatic rings. The Hall–Kier alpha value is -0.0900. The van der Waals surface area contributed by atoms with E-state index >= 15 is 0 Å². The minimum absolute atomic E-state index is 0.299. The van der Waals surface area contributed by atoms with Gasteiger partial charge in [-0.3, -0.25) is 0 Å². The van der Waals surface area contributed by atoms with Gasteiger partial charge in [-0.05, 0) is 12.8 Å². The first-order valence-electron chi connectivity index (χ1n) is 8.59. The van der Waals surface area contributed by atoms with Crippen LogP contribution in [-0.2, 0) is 10.0 Å². The van der Waals surface area contributed by atoms with E-state index in [1.165, 1.54) is 51.4 Å². The molecule has 0 aliphatic carbocycles. The lowest BCUT2D eigenvalue weighted by molar-refractivity contribution is 0.554. The molecule has 0 spiro atoms. The van der Waals surface area contributed by atoms with E-state index in [-0.39, 0.29) is 0 Å². The monoisotopic (exact) mass is 305 g/mol. The molecule has 122 valence electrons. The van der Waals surface area contributed by atoms with Crippen molar-refractivity contribution in [3.05, 3.63) is 0 Å². The van der Waals surface area contributed by atoms with Crippen LogP contribution in [0.3, 0.4) is 0 Å². The Balaban J connectivity index is 3.30. The number of rotatable bonds is 15. The number of nitrogens with one attached hydrogen (secondary N) is 1. The molecular formula is C16H35NO2S. The van der Waals surface area contributed by atoms with E-state index in [1.807, 2.05) is 0 Å². The molecule has 0 unspecified atom stereocenters. The van der Waals surface area contributed by atoms with Crippen LogP contribution in [0.1, 0.15) is 90.9 Å². The van der Waals surface area contributed by atoms with E-state index in [0.29, 0.717) is 12.3 Å². The Kier molecular flexibility index (Phi) is 13.8. The largest absolute Gasteiger partial charge is 0.215 e. The lowest BCUT2D eigenvalue weighted by Crippen LogP contribution is -2.27. The first-order chi connectivity index (χ1) is 9.62. The van der Waals surface area contributed by atoms with Crippen molar-refractivity contribution in [2.45, 2.75) is 90.9 Å². The molecule has 0 heterocycles. The average molecular weight is 306 g/mol. The Morgan fingerprint density at radius 3 is 1.60 bits per heavy atom. The van der Waals surface area contributed by atoms with Gasteiger partial charge in [0.15, 0.2) is 0 Å². The molecule has 0 saturated heterocycles. The highest BCUT2D eigenvalue weighted by molar-refractivity contribution is 7.89. The fourth-order valence-electron chi connectivity index (χ4n) is 2.26. The van der Waals surface area contributed by atoms with Gasteiger partial charge < -0.3 is 0 Å². The summed E-state index contributed by atoms with van der Waals surface area (Å²) < 4.78 is 25.9. The molecule has 0 radical (unpaired) electrons. The molecule has 0 amide bonds. The molecule has 0 aliphatic heterocycles. The summed E-state index contributed by atoms with van der Waals surface area (Å²) in [5.74, 6) is 0.299.